The predicted molar refractivity (Wildman–Crippen MR) is 121 cm³/mol. The van der Waals surface area contributed by atoms with Crippen molar-refractivity contribution in [2.75, 3.05) is 47.4 Å². The van der Waals surface area contributed by atoms with E-state index in [1.165, 1.54) is 18.4 Å². The van der Waals surface area contributed by atoms with Crippen LogP contribution in [0.15, 0.2) is 29.3 Å². The van der Waals surface area contributed by atoms with Gasteiger partial charge in [0.2, 0.25) is 0 Å². The molecule has 0 aromatic heterocycles. The number of likely N-dealkylation sites (N-methyl/N-ethyl adjacent to an activating group) is 1. The molecule has 5 nitrogen and oxygen atoms in total. The first-order valence-electron chi connectivity index (χ1n) is 9.39. The summed E-state index contributed by atoms with van der Waals surface area (Å²) >= 11 is 0. The molecule has 148 valence electrons. The zero-order valence-electron chi connectivity index (χ0n) is 16.9. The first kappa shape index (κ1) is 23.0. The third-order valence-corrected chi connectivity index (χ3v) is 4.83. The molecule has 0 bridgehead atoms. The van der Waals surface area contributed by atoms with Crippen LogP contribution in [0.25, 0.3) is 0 Å². The molecule has 2 unspecified atom stereocenters. The number of para-hydroxylation sites is 1. The lowest BCUT2D eigenvalue weighted by atomic mass is 10.0. The van der Waals surface area contributed by atoms with Gasteiger partial charge < -0.3 is 19.9 Å². The van der Waals surface area contributed by atoms with Crippen molar-refractivity contribution in [3.63, 3.8) is 0 Å². The maximum atomic E-state index is 5.56. The van der Waals surface area contributed by atoms with Gasteiger partial charge in [0.15, 0.2) is 5.96 Å². The molecule has 2 atom stereocenters. The molecule has 1 aromatic carbocycles. The number of hydrogen-bond acceptors (Lipinski definition) is 3. The molecule has 0 spiro atoms. The predicted octanol–water partition coefficient (Wildman–Crippen LogP) is 3.61. The van der Waals surface area contributed by atoms with E-state index in [2.05, 4.69) is 55.2 Å². The van der Waals surface area contributed by atoms with E-state index in [4.69, 9.17) is 9.73 Å². The summed E-state index contributed by atoms with van der Waals surface area (Å²) in [6, 6.07) is 8.42. The van der Waals surface area contributed by atoms with E-state index in [0.717, 1.165) is 37.3 Å². The van der Waals surface area contributed by atoms with Gasteiger partial charge in [-0.25, -0.2) is 0 Å². The third kappa shape index (κ3) is 6.30. The second kappa shape index (κ2) is 11.6. The minimum atomic E-state index is 0. The van der Waals surface area contributed by atoms with Crippen LogP contribution in [0.4, 0.5) is 0 Å². The summed E-state index contributed by atoms with van der Waals surface area (Å²) in [5.74, 6) is 2.69. The van der Waals surface area contributed by atoms with Crippen LogP contribution in [0.5, 0.6) is 5.75 Å². The lowest BCUT2D eigenvalue weighted by Gasteiger charge is -2.34. The number of hydrogen-bond donors (Lipinski definition) is 1. The van der Waals surface area contributed by atoms with Crippen molar-refractivity contribution in [3.05, 3.63) is 29.8 Å². The van der Waals surface area contributed by atoms with Crippen molar-refractivity contribution in [1.29, 1.82) is 0 Å². The first-order chi connectivity index (χ1) is 12.1. The van der Waals surface area contributed by atoms with Crippen molar-refractivity contribution in [3.8, 4) is 5.75 Å². The molecule has 0 saturated carbocycles. The Bertz CT molecular complexity index is 564. The van der Waals surface area contributed by atoms with Crippen LogP contribution in [0.2, 0.25) is 0 Å². The van der Waals surface area contributed by atoms with Crippen molar-refractivity contribution >= 4 is 29.9 Å². The monoisotopic (exact) mass is 474 g/mol. The number of nitrogens with zero attached hydrogens (tertiary/aromatic N) is 3. The number of likely N-dealkylation sites (tertiary alicyclic amines) is 1. The quantitative estimate of drug-likeness (QED) is 0.389. The number of halogens is 1. The number of aliphatic imine (C=N–C) groups is 1. The van der Waals surface area contributed by atoms with Gasteiger partial charge in [-0.05, 0) is 45.8 Å². The minimum Gasteiger partial charge on any atom is -0.496 e. The second-order valence-electron chi connectivity index (χ2n) is 7.11. The van der Waals surface area contributed by atoms with Crippen LogP contribution >= 0.6 is 24.0 Å². The Balaban J connectivity index is 0.00000338. The smallest absolute Gasteiger partial charge is 0.193 e. The number of benzene rings is 1. The van der Waals surface area contributed by atoms with Gasteiger partial charge in [0.1, 0.15) is 5.75 Å². The Morgan fingerprint density at radius 2 is 2.12 bits per heavy atom. The number of nitrogens with one attached hydrogen (secondary N) is 1. The van der Waals surface area contributed by atoms with Crippen LogP contribution in [0.3, 0.4) is 0 Å². The molecular weight excluding hydrogens is 439 g/mol. The van der Waals surface area contributed by atoms with Crippen LogP contribution < -0.4 is 10.1 Å². The zero-order valence-corrected chi connectivity index (χ0v) is 19.2. The Labute approximate surface area is 176 Å². The van der Waals surface area contributed by atoms with E-state index in [1.807, 2.05) is 12.1 Å². The van der Waals surface area contributed by atoms with Gasteiger partial charge in [-0.3, -0.25) is 4.99 Å². The molecular formula is C20H35IN4O. The number of guanidine groups is 1. The van der Waals surface area contributed by atoms with Gasteiger partial charge in [0, 0.05) is 25.2 Å². The summed E-state index contributed by atoms with van der Waals surface area (Å²) in [5, 5.41) is 3.47. The topological polar surface area (TPSA) is 40.1 Å². The summed E-state index contributed by atoms with van der Waals surface area (Å²) in [5.41, 5.74) is 1.18. The SMILES string of the molecule is CCNC(=NCC(c1ccccc1OC)N(C)C)N1CCCC(C)C1.I. The van der Waals surface area contributed by atoms with Gasteiger partial charge in [0.25, 0.3) is 0 Å². The molecule has 2 rings (SSSR count). The number of methoxy groups -OCH3 is 1. The molecule has 0 radical (unpaired) electrons. The standard InChI is InChI=1S/C20H34N4O.HI/c1-6-21-20(24-13-9-10-16(2)15-24)22-14-18(23(3)4)17-11-7-8-12-19(17)25-5;/h7-8,11-12,16,18H,6,9-10,13-15H2,1-5H3,(H,21,22);1H. The number of ether oxygens (including phenoxy) is 1. The lowest BCUT2D eigenvalue weighted by Crippen LogP contribution is -2.46. The summed E-state index contributed by atoms with van der Waals surface area (Å²) in [6.07, 6.45) is 2.56. The van der Waals surface area contributed by atoms with Gasteiger partial charge in [0.05, 0.1) is 19.7 Å². The molecule has 1 heterocycles. The van der Waals surface area contributed by atoms with Crippen molar-refractivity contribution in [2.45, 2.75) is 32.7 Å². The Kier molecular flexibility index (Phi) is 10.3. The normalized spacial score (nSPS) is 19.1. The van der Waals surface area contributed by atoms with E-state index < -0.39 is 0 Å². The second-order valence-corrected chi connectivity index (χ2v) is 7.11. The van der Waals surface area contributed by atoms with Gasteiger partial charge in [-0.15, -0.1) is 24.0 Å². The van der Waals surface area contributed by atoms with E-state index in [9.17, 15) is 0 Å². The van der Waals surface area contributed by atoms with Crippen molar-refractivity contribution in [2.24, 2.45) is 10.9 Å². The molecule has 1 saturated heterocycles. The average molecular weight is 474 g/mol. The molecule has 26 heavy (non-hydrogen) atoms. The highest BCUT2D eigenvalue weighted by Crippen LogP contribution is 2.28. The van der Waals surface area contributed by atoms with Crippen LogP contribution in [0.1, 0.15) is 38.3 Å². The summed E-state index contributed by atoms with van der Waals surface area (Å²) in [7, 11) is 5.93. The minimum absolute atomic E-state index is 0. The highest BCUT2D eigenvalue weighted by atomic mass is 127. The summed E-state index contributed by atoms with van der Waals surface area (Å²) < 4.78 is 5.56. The van der Waals surface area contributed by atoms with Crippen LogP contribution in [-0.2, 0) is 0 Å². The Morgan fingerprint density at radius 3 is 2.73 bits per heavy atom. The van der Waals surface area contributed by atoms with E-state index in [1.54, 1.807) is 7.11 Å². The molecule has 0 aliphatic carbocycles. The molecule has 6 heteroatoms. The Morgan fingerprint density at radius 1 is 1.38 bits per heavy atom. The summed E-state index contributed by atoms with van der Waals surface area (Å²) in [4.78, 5) is 9.60. The molecule has 1 aromatic rings. The molecule has 1 aliphatic heterocycles. The largest absolute Gasteiger partial charge is 0.496 e. The zero-order chi connectivity index (χ0) is 18.2. The van der Waals surface area contributed by atoms with Crippen LogP contribution in [-0.4, -0.2) is 63.1 Å². The van der Waals surface area contributed by atoms with Crippen LogP contribution in [0, 0.1) is 5.92 Å². The van der Waals surface area contributed by atoms with E-state index in [0.29, 0.717) is 6.54 Å². The third-order valence-electron chi connectivity index (χ3n) is 4.83. The fourth-order valence-corrected chi connectivity index (χ4v) is 3.46. The maximum absolute atomic E-state index is 5.56. The van der Waals surface area contributed by atoms with E-state index >= 15 is 0 Å². The van der Waals surface area contributed by atoms with Crippen molar-refractivity contribution in [1.82, 2.24) is 15.1 Å². The molecule has 0 amide bonds. The lowest BCUT2D eigenvalue weighted by molar-refractivity contribution is 0.262. The maximum Gasteiger partial charge on any atom is 0.193 e. The number of rotatable bonds is 6. The average Bonchev–Trinajstić information content (AvgIpc) is 2.61. The Hall–Kier alpha value is -1.02. The highest BCUT2D eigenvalue weighted by Gasteiger charge is 2.21. The highest BCUT2D eigenvalue weighted by molar-refractivity contribution is 14.0. The molecule has 1 aliphatic rings. The van der Waals surface area contributed by atoms with Gasteiger partial charge in [-0.2, -0.15) is 0 Å². The molecule has 1 fully saturated rings. The first-order valence-corrected chi connectivity index (χ1v) is 9.39. The van der Waals surface area contributed by atoms with E-state index in [-0.39, 0.29) is 30.0 Å². The van der Waals surface area contributed by atoms with Gasteiger partial charge >= 0.3 is 0 Å². The van der Waals surface area contributed by atoms with Gasteiger partial charge in [-0.1, -0.05) is 25.1 Å². The van der Waals surface area contributed by atoms with Crippen molar-refractivity contribution < 1.29 is 4.74 Å². The fourth-order valence-electron chi connectivity index (χ4n) is 3.46. The fraction of sp³-hybridized carbons (Fsp3) is 0.650. The summed E-state index contributed by atoms with van der Waals surface area (Å²) in [6.45, 7) is 8.25. The number of piperidine rings is 1. The molecule has 1 N–H and O–H groups in total.